The molecule has 0 saturated carbocycles. The largest absolute Gasteiger partial charge is 0.478 e. The Kier molecular flexibility index (Phi) is 2.64. The van der Waals surface area contributed by atoms with E-state index in [9.17, 15) is 4.79 Å². The second kappa shape index (κ2) is 3.72. The van der Waals surface area contributed by atoms with Gasteiger partial charge < -0.3 is 5.11 Å². The van der Waals surface area contributed by atoms with Crippen molar-refractivity contribution in [2.24, 2.45) is 0 Å². The van der Waals surface area contributed by atoms with Gasteiger partial charge in [0.15, 0.2) is 0 Å². The van der Waals surface area contributed by atoms with Gasteiger partial charge in [0.05, 0.1) is 0 Å². The summed E-state index contributed by atoms with van der Waals surface area (Å²) in [5.74, 6) is -0.918. The van der Waals surface area contributed by atoms with Crippen LogP contribution in [0.2, 0.25) is 0 Å². The van der Waals surface area contributed by atoms with Crippen LogP contribution in [0.3, 0.4) is 0 Å². The molecule has 0 aromatic heterocycles. The molecule has 0 unspecified atom stereocenters. The summed E-state index contributed by atoms with van der Waals surface area (Å²) < 4.78 is 0. The predicted octanol–water partition coefficient (Wildman–Crippen LogP) is 2.09. The van der Waals surface area contributed by atoms with E-state index in [2.05, 4.69) is 0 Å². The van der Waals surface area contributed by atoms with Crippen LogP contribution in [0.15, 0.2) is 30.3 Å². The van der Waals surface area contributed by atoms with Gasteiger partial charge in [0.25, 0.3) is 0 Å². The first-order valence-corrected chi connectivity index (χ1v) is 3.67. The smallest absolute Gasteiger partial charge is 0.328 e. The minimum absolute atomic E-state index is 0.918. The van der Waals surface area contributed by atoms with Crippen molar-refractivity contribution in [1.82, 2.24) is 0 Å². The Morgan fingerprint density at radius 3 is 2.75 bits per heavy atom. The molecule has 0 aliphatic rings. The predicted molar refractivity (Wildman–Crippen MR) is 47.8 cm³/mol. The molecule has 0 aliphatic carbocycles. The number of hydrogen-bond donors (Lipinski definition) is 1. The lowest BCUT2D eigenvalue weighted by molar-refractivity contribution is -0.131. The van der Waals surface area contributed by atoms with Crippen LogP contribution in [0.5, 0.6) is 0 Å². The molecule has 0 heterocycles. The molecule has 0 bridgehead atoms. The molecule has 1 N–H and O–H groups in total. The molecule has 1 aromatic carbocycles. The number of hydrogen-bond acceptors (Lipinski definition) is 1. The van der Waals surface area contributed by atoms with Crippen molar-refractivity contribution in [2.75, 3.05) is 0 Å². The third kappa shape index (κ3) is 2.23. The maximum atomic E-state index is 10.2. The molecule has 0 aliphatic heterocycles. The van der Waals surface area contributed by atoms with Crippen LogP contribution >= 0.6 is 0 Å². The quantitative estimate of drug-likeness (QED) is 0.679. The molecular weight excluding hydrogens is 154 g/mol. The zero-order valence-electron chi connectivity index (χ0n) is 6.82. The Morgan fingerprint density at radius 1 is 1.50 bits per heavy atom. The summed E-state index contributed by atoms with van der Waals surface area (Å²) in [6, 6.07) is 7.64. The van der Waals surface area contributed by atoms with E-state index in [-0.39, 0.29) is 0 Å². The number of aliphatic carboxylic acids is 1. The lowest BCUT2D eigenvalue weighted by Crippen LogP contribution is -1.86. The van der Waals surface area contributed by atoms with Crippen LogP contribution in [-0.2, 0) is 4.79 Å². The summed E-state index contributed by atoms with van der Waals surface area (Å²) in [5.41, 5.74) is 2.02. The van der Waals surface area contributed by atoms with Gasteiger partial charge in [-0.15, -0.1) is 0 Å². The third-order valence-electron chi connectivity index (χ3n) is 1.59. The first-order chi connectivity index (χ1) is 5.70. The van der Waals surface area contributed by atoms with E-state index in [1.807, 2.05) is 31.2 Å². The van der Waals surface area contributed by atoms with Gasteiger partial charge in [0.2, 0.25) is 0 Å². The topological polar surface area (TPSA) is 37.3 Å². The number of carboxylic acid groups (broad SMARTS) is 1. The summed E-state index contributed by atoms with van der Waals surface area (Å²) in [4.78, 5) is 10.2. The van der Waals surface area contributed by atoms with E-state index >= 15 is 0 Å². The summed E-state index contributed by atoms with van der Waals surface area (Å²) >= 11 is 0. The summed E-state index contributed by atoms with van der Waals surface area (Å²) in [6.45, 7) is 1.95. The SMILES string of the molecule is Cc1ccccc1/[14CH]=C/C(=O)O. The number of carbonyl (C=O) groups is 1. The molecule has 0 spiro atoms. The van der Waals surface area contributed by atoms with Crippen molar-refractivity contribution in [3.8, 4) is 0 Å². The van der Waals surface area contributed by atoms with Crippen LogP contribution in [-0.4, -0.2) is 11.1 Å². The van der Waals surface area contributed by atoms with E-state index in [0.29, 0.717) is 0 Å². The van der Waals surface area contributed by atoms with Crippen LogP contribution in [0.25, 0.3) is 6.08 Å². The molecule has 0 amide bonds. The zero-order chi connectivity index (χ0) is 8.97. The molecule has 2 heteroatoms. The highest BCUT2D eigenvalue weighted by Gasteiger charge is 1.91. The van der Waals surface area contributed by atoms with Crippen molar-refractivity contribution in [2.45, 2.75) is 6.92 Å². The monoisotopic (exact) mass is 164 g/mol. The van der Waals surface area contributed by atoms with Crippen molar-refractivity contribution >= 4 is 12.0 Å². The van der Waals surface area contributed by atoms with Gasteiger partial charge >= 0.3 is 5.97 Å². The van der Waals surface area contributed by atoms with Gasteiger partial charge in [-0.25, -0.2) is 4.79 Å². The zero-order valence-corrected chi connectivity index (χ0v) is 6.82. The number of aryl methyl sites for hydroxylation is 1. The standard InChI is InChI=1S/C10H10O2/c1-8-4-2-3-5-9(8)6-7-10(11)12/h2-7H,1H3,(H,11,12)/b7-6+/i6+2. The molecule has 0 atom stereocenters. The fraction of sp³-hybridized carbons (Fsp3) is 0.100. The lowest BCUT2D eigenvalue weighted by atomic mass is 10.2. The number of benzene rings is 1. The van der Waals surface area contributed by atoms with E-state index in [0.717, 1.165) is 17.2 Å². The molecule has 62 valence electrons. The molecule has 12 heavy (non-hydrogen) atoms. The maximum Gasteiger partial charge on any atom is 0.328 e. The van der Waals surface area contributed by atoms with Gasteiger partial charge in [-0.2, -0.15) is 0 Å². The van der Waals surface area contributed by atoms with Crippen molar-refractivity contribution in [3.05, 3.63) is 41.5 Å². The Hall–Kier alpha value is -1.57. The lowest BCUT2D eigenvalue weighted by Gasteiger charge is -1.96. The molecule has 0 saturated heterocycles. The molecule has 0 radical (unpaired) electrons. The van der Waals surface area contributed by atoms with Crippen molar-refractivity contribution < 1.29 is 9.90 Å². The Balaban J connectivity index is 2.89. The van der Waals surface area contributed by atoms with Gasteiger partial charge in [0.1, 0.15) is 0 Å². The minimum Gasteiger partial charge on any atom is -0.478 e. The van der Waals surface area contributed by atoms with E-state index in [4.69, 9.17) is 5.11 Å². The van der Waals surface area contributed by atoms with Crippen LogP contribution < -0.4 is 0 Å². The number of rotatable bonds is 2. The third-order valence-corrected chi connectivity index (χ3v) is 1.59. The average Bonchev–Trinajstić information content (AvgIpc) is 2.03. The van der Waals surface area contributed by atoms with Crippen LogP contribution in [0.4, 0.5) is 0 Å². The normalized spacial score (nSPS) is 10.4. The summed E-state index contributed by atoms with van der Waals surface area (Å²) in [7, 11) is 0. The van der Waals surface area contributed by atoms with Crippen molar-refractivity contribution in [3.63, 3.8) is 0 Å². The van der Waals surface area contributed by atoms with Crippen LogP contribution in [0.1, 0.15) is 11.1 Å². The molecule has 0 fully saturated rings. The van der Waals surface area contributed by atoms with Gasteiger partial charge in [-0.1, -0.05) is 24.3 Å². The second-order valence-corrected chi connectivity index (χ2v) is 2.53. The Morgan fingerprint density at radius 2 is 2.17 bits per heavy atom. The molecule has 1 rings (SSSR count). The minimum atomic E-state index is -0.918. The summed E-state index contributed by atoms with van der Waals surface area (Å²) in [5, 5.41) is 8.38. The molecule has 1 aromatic rings. The second-order valence-electron chi connectivity index (χ2n) is 2.53. The van der Waals surface area contributed by atoms with Gasteiger partial charge in [-0.05, 0) is 24.1 Å². The molecule has 2 nitrogen and oxygen atoms in total. The van der Waals surface area contributed by atoms with E-state index < -0.39 is 5.97 Å². The highest BCUT2D eigenvalue weighted by atomic mass is 16.4. The highest BCUT2D eigenvalue weighted by Crippen LogP contribution is 2.08. The maximum absolute atomic E-state index is 10.2. The van der Waals surface area contributed by atoms with Gasteiger partial charge in [0, 0.05) is 6.08 Å². The average molecular weight is 164 g/mol. The first kappa shape index (κ1) is 8.53. The molecular formula is C10H10O2. The fourth-order valence-corrected chi connectivity index (χ4v) is 0.935. The Labute approximate surface area is 71.2 Å². The first-order valence-electron chi connectivity index (χ1n) is 3.67. The fourth-order valence-electron chi connectivity index (χ4n) is 0.935. The number of carboxylic acids is 1. The van der Waals surface area contributed by atoms with Gasteiger partial charge in [-0.3, -0.25) is 0 Å². The van der Waals surface area contributed by atoms with E-state index in [1.54, 1.807) is 6.08 Å². The van der Waals surface area contributed by atoms with Crippen molar-refractivity contribution in [1.29, 1.82) is 0 Å². The highest BCUT2D eigenvalue weighted by molar-refractivity contribution is 5.85. The van der Waals surface area contributed by atoms with Crippen LogP contribution in [0, 0.1) is 6.92 Å². The Bertz CT molecular complexity index is 313. The van der Waals surface area contributed by atoms with E-state index in [1.165, 1.54) is 0 Å². The summed E-state index contributed by atoms with van der Waals surface area (Å²) in [6.07, 6.45) is 2.74.